The summed E-state index contributed by atoms with van der Waals surface area (Å²) in [6.07, 6.45) is -4.93. The third-order valence-electron chi connectivity index (χ3n) is 4.92. The molecule has 0 amide bonds. The summed E-state index contributed by atoms with van der Waals surface area (Å²) in [6.45, 7) is 2.01. The molecule has 1 N–H and O–H groups in total. The van der Waals surface area contributed by atoms with Gasteiger partial charge < -0.3 is 24.1 Å². The van der Waals surface area contributed by atoms with E-state index in [2.05, 4.69) is 0 Å². The maximum absolute atomic E-state index is 12.7. The molecule has 0 unspecified atom stereocenters. The highest BCUT2D eigenvalue weighted by atomic mass is 32.2. The fourth-order valence-electron chi connectivity index (χ4n) is 3.32. The largest absolute Gasteiger partial charge is 0.497 e. The first-order chi connectivity index (χ1) is 13.9. The van der Waals surface area contributed by atoms with E-state index in [9.17, 15) is 13.5 Å². The number of methoxy groups -OCH3 is 1. The van der Waals surface area contributed by atoms with Gasteiger partial charge in [0.15, 0.2) is 18.5 Å². The van der Waals surface area contributed by atoms with Crippen LogP contribution in [0.15, 0.2) is 53.4 Å². The molecule has 2 aliphatic heterocycles. The highest BCUT2D eigenvalue weighted by Gasteiger charge is 2.53. The van der Waals surface area contributed by atoms with E-state index in [0.29, 0.717) is 11.5 Å². The van der Waals surface area contributed by atoms with Crippen LogP contribution in [0.5, 0.6) is 11.5 Å². The Balaban J connectivity index is 1.53. The van der Waals surface area contributed by atoms with Gasteiger partial charge in [-0.25, -0.2) is 0 Å². The summed E-state index contributed by atoms with van der Waals surface area (Å²) in [5.41, 5.74) is 0.917. The van der Waals surface area contributed by atoms with Crippen molar-refractivity contribution in [1.29, 1.82) is 0 Å². The summed E-state index contributed by atoms with van der Waals surface area (Å²) < 4.78 is 52.8. The van der Waals surface area contributed by atoms with E-state index in [4.69, 9.17) is 23.1 Å². The number of aliphatic hydroxyl groups is 1. The first kappa shape index (κ1) is 20.1. The van der Waals surface area contributed by atoms with E-state index in [-0.39, 0.29) is 11.5 Å². The van der Waals surface area contributed by atoms with Crippen molar-refractivity contribution in [2.45, 2.75) is 42.5 Å². The molecule has 2 heterocycles. The number of aryl methyl sites for hydroxylation is 1. The number of hydrogen-bond acceptors (Lipinski definition) is 8. The second-order valence-corrected chi connectivity index (χ2v) is 8.52. The van der Waals surface area contributed by atoms with Crippen molar-refractivity contribution in [1.82, 2.24) is 0 Å². The summed E-state index contributed by atoms with van der Waals surface area (Å²) >= 11 is 0. The highest BCUT2D eigenvalue weighted by molar-refractivity contribution is 7.86. The van der Waals surface area contributed by atoms with Crippen LogP contribution in [-0.4, -0.2) is 57.9 Å². The van der Waals surface area contributed by atoms with Gasteiger partial charge in [-0.2, -0.15) is 8.42 Å². The molecule has 0 radical (unpaired) electrons. The predicted molar refractivity (Wildman–Crippen MR) is 101 cm³/mol. The Labute approximate surface area is 169 Å². The van der Waals surface area contributed by atoms with Crippen molar-refractivity contribution in [3.63, 3.8) is 0 Å². The standard InChI is InChI=1S/C20H22O8S/c1-12-3-9-15(10-4-12)29(22,23)28-19-17(21)18(16-11-25-20(19)27-16)26-14-7-5-13(24-2)6-8-14/h3-10,16-21H,11H2,1-2H3/t16-,17+,18-,19-,20-/m1/s1. The van der Waals surface area contributed by atoms with E-state index < -0.39 is 40.8 Å². The molecule has 2 fully saturated rings. The van der Waals surface area contributed by atoms with Crippen LogP contribution in [0.3, 0.4) is 0 Å². The Morgan fingerprint density at radius 2 is 1.66 bits per heavy atom. The SMILES string of the molecule is COc1ccc(O[C@H]2[C@H](O)[C@@H](OS(=O)(=O)c3ccc(C)cc3)[C@@H]3OC[C@H]2O3)cc1. The van der Waals surface area contributed by atoms with Gasteiger partial charge in [-0.15, -0.1) is 0 Å². The zero-order valence-electron chi connectivity index (χ0n) is 15.9. The topological polar surface area (TPSA) is 101 Å². The third kappa shape index (κ3) is 4.10. The van der Waals surface area contributed by atoms with E-state index >= 15 is 0 Å². The number of fused-ring (bicyclic) bond motifs is 2. The molecule has 4 rings (SSSR count). The van der Waals surface area contributed by atoms with Crippen molar-refractivity contribution < 1.29 is 36.7 Å². The molecular formula is C20H22O8S. The summed E-state index contributed by atoms with van der Waals surface area (Å²) in [6, 6.07) is 13.0. The molecule has 2 aliphatic rings. The van der Waals surface area contributed by atoms with Gasteiger partial charge >= 0.3 is 0 Å². The highest BCUT2D eigenvalue weighted by Crippen LogP contribution is 2.34. The average Bonchev–Trinajstić information content (AvgIpc) is 3.16. The Morgan fingerprint density at radius 3 is 2.31 bits per heavy atom. The zero-order valence-corrected chi connectivity index (χ0v) is 16.7. The molecular weight excluding hydrogens is 400 g/mol. The minimum atomic E-state index is -4.13. The van der Waals surface area contributed by atoms with E-state index in [1.807, 2.05) is 6.92 Å². The van der Waals surface area contributed by atoms with Crippen LogP contribution in [-0.2, 0) is 23.8 Å². The Morgan fingerprint density at radius 1 is 1.00 bits per heavy atom. The fourth-order valence-corrected chi connectivity index (χ4v) is 4.40. The molecule has 0 aromatic heterocycles. The summed E-state index contributed by atoms with van der Waals surface area (Å²) in [7, 11) is -2.57. The number of benzene rings is 2. The summed E-state index contributed by atoms with van der Waals surface area (Å²) in [5, 5.41) is 10.8. The predicted octanol–water partition coefficient (Wildman–Crippen LogP) is 1.64. The average molecular weight is 422 g/mol. The Kier molecular flexibility index (Phi) is 5.50. The van der Waals surface area contributed by atoms with Gasteiger partial charge in [0.25, 0.3) is 10.1 Å². The minimum Gasteiger partial charge on any atom is -0.497 e. The minimum absolute atomic E-state index is 0.0111. The molecule has 29 heavy (non-hydrogen) atoms. The molecule has 0 aliphatic carbocycles. The molecule has 2 aromatic rings. The van der Waals surface area contributed by atoms with Crippen molar-refractivity contribution in [2.75, 3.05) is 13.7 Å². The van der Waals surface area contributed by atoms with E-state index in [0.717, 1.165) is 5.56 Å². The van der Waals surface area contributed by atoms with Crippen LogP contribution >= 0.6 is 0 Å². The van der Waals surface area contributed by atoms with Gasteiger partial charge in [0.2, 0.25) is 0 Å². The Hall–Kier alpha value is -2.17. The van der Waals surface area contributed by atoms with Gasteiger partial charge in [-0.3, -0.25) is 4.18 Å². The smallest absolute Gasteiger partial charge is 0.297 e. The molecule has 2 bridgehead atoms. The second-order valence-electron chi connectivity index (χ2n) is 6.95. The van der Waals surface area contributed by atoms with Crippen molar-refractivity contribution in [3.8, 4) is 11.5 Å². The lowest BCUT2D eigenvalue weighted by Crippen LogP contribution is -2.57. The van der Waals surface area contributed by atoms with Crippen LogP contribution < -0.4 is 9.47 Å². The second kappa shape index (κ2) is 7.92. The molecule has 2 aromatic carbocycles. The molecule has 156 valence electrons. The van der Waals surface area contributed by atoms with Crippen molar-refractivity contribution >= 4 is 10.1 Å². The van der Waals surface area contributed by atoms with Crippen LogP contribution in [0.4, 0.5) is 0 Å². The zero-order chi connectivity index (χ0) is 20.6. The molecule has 8 nitrogen and oxygen atoms in total. The summed E-state index contributed by atoms with van der Waals surface area (Å²) in [5.74, 6) is 1.14. The van der Waals surface area contributed by atoms with Gasteiger partial charge in [0, 0.05) is 0 Å². The van der Waals surface area contributed by atoms with Crippen LogP contribution in [0.1, 0.15) is 5.56 Å². The van der Waals surface area contributed by atoms with Gasteiger partial charge in [0.05, 0.1) is 18.6 Å². The number of hydrogen-bond donors (Lipinski definition) is 1. The molecule has 5 atom stereocenters. The molecule has 2 saturated heterocycles. The van der Waals surface area contributed by atoms with Gasteiger partial charge in [0.1, 0.15) is 23.7 Å². The van der Waals surface area contributed by atoms with Crippen molar-refractivity contribution in [3.05, 3.63) is 54.1 Å². The fraction of sp³-hybridized carbons (Fsp3) is 0.400. The number of ether oxygens (including phenoxy) is 4. The monoisotopic (exact) mass is 422 g/mol. The van der Waals surface area contributed by atoms with Gasteiger partial charge in [-0.1, -0.05) is 17.7 Å². The first-order valence-electron chi connectivity index (χ1n) is 9.13. The Bertz CT molecular complexity index is 941. The van der Waals surface area contributed by atoms with E-state index in [1.165, 1.54) is 12.1 Å². The normalized spacial score (nSPS) is 28.9. The first-order valence-corrected chi connectivity index (χ1v) is 10.5. The quantitative estimate of drug-likeness (QED) is 0.702. The molecule has 0 spiro atoms. The van der Waals surface area contributed by atoms with Crippen LogP contribution in [0.25, 0.3) is 0 Å². The van der Waals surface area contributed by atoms with Crippen LogP contribution in [0, 0.1) is 6.92 Å². The lowest BCUT2D eigenvalue weighted by molar-refractivity contribution is -0.214. The third-order valence-corrected chi connectivity index (χ3v) is 6.25. The molecule has 0 saturated carbocycles. The van der Waals surface area contributed by atoms with E-state index in [1.54, 1.807) is 43.5 Å². The lowest BCUT2D eigenvalue weighted by Gasteiger charge is -2.37. The summed E-state index contributed by atoms with van der Waals surface area (Å²) in [4.78, 5) is -0.0111. The number of aliphatic hydroxyl groups excluding tert-OH is 1. The van der Waals surface area contributed by atoms with Crippen molar-refractivity contribution in [2.24, 2.45) is 0 Å². The maximum atomic E-state index is 12.7. The number of rotatable bonds is 6. The maximum Gasteiger partial charge on any atom is 0.297 e. The van der Waals surface area contributed by atoms with Gasteiger partial charge in [-0.05, 0) is 43.3 Å². The van der Waals surface area contributed by atoms with Crippen LogP contribution in [0.2, 0.25) is 0 Å². The lowest BCUT2D eigenvalue weighted by atomic mass is 10.0. The molecule has 9 heteroatoms.